The minimum Gasteiger partial charge on any atom is -0.480 e. The molecular weight excluding hydrogens is 342 g/mol. The first-order valence-electron chi connectivity index (χ1n) is 8.34. The van der Waals surface area contributed by atoms with E-state index in [0.717, 1.165) is 6.42 Å². The van der Waals surface area contributed by atoms with Crippen LogP contribution in [0.2, 0.25) is 0 Å². The van der Waals surface area contributed by atoms with Crippen molar-refractivity contribution in [3.05, 3.63) is 39.9 Å². The fourth-order valence-electron chi connectivity index (χ4n) is 2.94. The van der Waals surface area contributed by atoms with Crippen LogP contribution in [0.25, 0.3) is 0 Å². The molecular formula is C17H21N3O6. The minimum absolute atomic E-state index is 0.00309. The van der Waals surface area contributed by atoms with E-state index in [0.29, 0.717) is 13.0 Å². The van der Waals surface area contributed by atoms with Crippen molar-refractivity contribution in [3.8, 4) is 0 Å². The number of nitrogens with zero attached hydrogens (tertiary/aromatic N) is 2. The van der Waals surface area contributed by atoms with Gasteiger partial charge in [0.15, 0.2) is 0 Å². The SMILES string of the molecule is CC1CCN(C(=O)CCNC(=O)c2ccc([N+](=O)[O-])cc2)C(C(=O)O)C1. The summed E-state index contributed by atoms with van der Waals surface area (Å²) >= 11 is 0. The number of aliphatic carboxylic acids is 1. The Bertz CT molecular complexity index is 703. The highest BCUT2D eigenvalue weighted by molar-refractivity contribution is 5.94. The van der Waals surface area contributed by atoms with E-state index in [1.807, 2.05) is 6.92 Å². The summed E-state index contributed by atoms with van der Waals surface area (Å²) in [6, 6.07) is 4.30. The van der Waals surface area contributed by atoms with Gasteiger partial charge in [0.25, 0.3) is 11.6 Å². The molecule has 1 aromatic rings. The number of non-ortho nitro benzene ring substituents is 1. The monoisotopic (exact) mass is 363 g/mol. The number of likely N-dealkylation sites (tertiary alicyclic amines) is 1. The zero-order valence-corrected chi connectivity index (χ0v) is 14.4. The molecule has 2 rings (SSSR count). The number of nitro benzene ring substituents is 1. The van der Waals surface area contributed by atoms with Crippen LogP contribution in [0.1, 0.15) is 36.5 Å². The fourth-order valence-corrected chi connectivity index (χ4v) is 2.94. The number of carboxylic acid groups (broad SMARTS) is 1. The average Bonchev–Trinajstić information content (AvgIpc) is 2.61. The third-order valence-corrected chi connectivity index (χ3v) is 4.43. The molecule has 1 aromatic carbocycles. The summed E-state index contributed by atoms with van der Waals surface area (Å²) < 4.78 is 0. The van der Waals surface area contributed by atoms with Crippen molar-refractivity contribution in [2.45, 2.75) is 32.2 Å². The molecule has 2 N–H and O–H groups in total. The maximum Gasteiger partial charge on any atom is 0.326 e. The van der Waals surface area contributed by atoms with Crippen LogP contribution in [0.5, 0.6) is 0 Å². The normalized spacial score (nSPS) is 19.7. The molecule has 2 amide bonds. The predicted molar refractivity (Wildman–Crippen MR) is 91.6 cm³/mol. The lowest BCUT2D eigenvalue weighted by Crippen LogP contribution is -2.50. The molecule has 2 atom stereocenters. The number of carboxylic acids is 1. The van der Waals surface area contributed by atoms with Gasteiger partial charge in [-0.2, -0.15) is 0 Å². The number of benzene rings is 1. The van der Waals surface area contributed by atoms with Gasteiger partial charge in [0.05, 0.1) is 4.92 Å². The molecule has 0 bridgehead atoms. The maximum atomic E-state index is 12.3. The molecule has 1 heterocycles. The zero-order chi connectivity index (χ0) is 19.3. The summed E-state index contributed by atoms with van der Waals surface area (Å²) in [6.45, 7) is 2.42. The van der Waals surface area contributed by atoms with Gasteiger partial charge in [0.2, 0.25) is 5.91 Å². The van der Waals surface area contributed by atoms with Crippen LogP contribution in [0, 0.1) is 16.0 Å². The van der Waals surface area contributed by atoms with Gasteiger partial charge in [-0.05, 0) is 30.9 Å². The topological polar surface area (TPSA) is 130 Å². The van der Waals surface area contributed by atoms with Gasteiger partial charge < -0.3 is 15.3 Å². The Morgan fingerprint density at radius 1 is 1.31 bits per heavy atom. The number of nitro groups is 1. The largest absolute Gasteiger partial charge is 0.480 e. The van der Waals surface area contributed by atoms with Crippen LogP contribution in [0.3, 0.4) is 0 Å². The van der Waals surface area contributed by atoms with Gasteiger partial charge in [-0.1, -0.05) is 6.92 Å². The third-order valence-electron chi connectivity index (χ3n) is 4.43. The lowest BCUT2D eigenvalue weighted by atomic mass is 9.92. The van der Waals surface area contributed by atoms with Crippen molar-refractivity contribution in [1.82, 2.24) is 10.2 Å². The standard InChI is InChI=1S/C17H21N3O6/c1-11-7-9-19(14(10-11)17(23)24)15(21)6-8-18-16(22)12-2-4-13(5-3-12)20(25)26/h2-5,11,14H,6-10H2,1H3,(H,18,22)(H,23,24). The van der Waals surface area contributed by atoms with E-state index in [9.17, 15) is 29.6 Å². The Morgan fingerprint density at radius 2 is 1.96 bits per heavy atom. The highest BCUT2D eigenvalue weighted by Gasteiger charge is 2.34. The van der Waals surface area contributed by atoms with Crippen LogP contribution in [0.15, 0.2) is 24.3 Å². The highest BCUT2D eigenvalue weighted by Crippen LogP contribution is 2.23. The van der Waals surface area contributed by atoms with E-state index in [2.05, 4.69) is 5.32 Å². The van der Waals surface area contributed by atoms with Crippen LogP contribution >= 0.6 is 0 Å². The van der Waals surface area contributed by atoms with Gasteiger partial charge in [-0.25, -0.2) is 4.79 Å². The second-order valence-corrected chi connectivity index (χ2v) is 6.38. The van der Waals surface area contributed by atoms with Crippen molar-refractivity contribution < 1.29 is 24.4 Å². The number of nitrogens with one attached hydrogen (secondary N) is 1. The van der Waals surface area contributed by atoms with Gasteiger partial charge in [-0.3, -0.25) is 19.7 Å². The van der Waals surface area contributed by atoms with Crippen molar-refractivity contribution in [2.75, 3.05) is 13.1 Å². The molecule has 1 saturated heterocycles. The fraction of sp³-hybridized carbons (Fsp3) is 0.471. The summed E-state index contributed by atoms with van der Waals surface area (Å²) in [5.74, 6) is -1.52. The quantitative estimate of drug-likeness (QED) is 0.581. The Labute approximate surface area is 150 Å². The number of hydrogen-bond donors (Lipinski definition) is 2. The molecule has 26 heavy (non-hydrogen) atoms. The van der Waals surface area contributed by atoms with E-state index in [1.54, 1.807) is 0 Å². The van der Waals surface area contributed by atoms with Gasteiger partial charge in [0, 0.05) is 37.2 Å². The minimum atomic E-state index is -1.01. The number of carbonyl (C=O) groups is 3. The number of piperidine rings is 1. The second-order valence-electron chi connectivity index (χ2n) is 6.38. The molecule has 0 spiro atoms. The first-order chi connectivity index (χ1) is 12.3. The van der Waals surface area contributed by atoms with Gasteiger partial charge in [-0.15, -0.1) is 0 Å². The summed E-state index contributed by atoms with van der Waals surface area (Å²) in [5.41, 5.74) is 0.133. The van der Waals surface area contributed by atoms with Crippen molar-refractivity contribution in [2.24, 2.45) is 5.92 Å². The molecule has 0 saturated carbocycles. The summed E-state index contributed by atoms with van der Waals surface area (Å²) in [4.78, 5) is 47.0. The number of rotatable bonds is 6. The molecule has 0 radical (unpaired) electrons. The molecule has 1 aliphatic heterocycles. The van der Waals surface area contributed by atoms with E-state index in [4.69, 9.17) is 0 Å². The van der Waals surface area contributed by atoms with Crippen LogP contribution in [0.4, 0.5) is 5.69 Å². The van der Waals surface area contributed by atoms with Crippen LogP contribution < -0.4 is 5.32 Å². The molecule has 1 fully saturated rings. The second kappa shape index (κ2) is 8.41. The summed E-state index contributed by atoms with van der Waals surface area (Å²) in [5, 5.41) is 22.4. The number of hydrogen-bond acceptors (Lipinski definition) is 5. The molecule has 2 unspecified atom stereocenters. The lowest BCUT2D eigenvalue weighted by molar-refractivity contribution is -0.384. The smallest absolute Gasteiger partial charge is 0.326 e. The summed E-state index contributed by atoms with van der Waals surface area (Å²) in [6.07, 6.45) is 1.18. The van der Waals surface area contributed by atoms with E-state index < -0.39 is 22.8 Å². The van der Waals surface area contributed by atoms with Crippen LogP contribution in [-0.2, 0) is 9.59 Å². The molecule has 1 aliphatic rings. The number of amides is 2. The Morgan fingerprint density at radius 3 is 2.54 bits per heavy atom. The van der Waals surface area contributed by atoms with Crippen LogP contribution in [-0.4, -0.2) is 51.8 Å². The molecule has 9 nitrogen and oxygen atoms in total. The molecule has 0 aromatic heterocycles. The lowest BCUT2D eigenvalue weighted by Gasteiger charge is -2.36. The Kier molecular flexibility index (Phi) is 6.26. The first-order valence-corrected chi connectivity index (χ1v) is 8.34. The van der Waals surface area contributed by atoms with E-state index in [-0.39, 0.29) is 36.0 Å². The summed E-state index contributed by atoms with van der Waals surface area (Å²) in [7, 11) is 0. The Hall–Kier alpha value is -2.97. The highest BCUT2D eigenvalue weighted by atomic mass is 16.6. The van der Waals surface area contributed by atoms with E-state index >= 15 is 0 Å². The van der Waals surface area contributed by atoms with Gasteiger partial charge >= 0.3 is 5.97 Å². The van der Waals surface area contributed by atoms with Crippen molar-refractivity contribution in [1.29, 1.82) is 0 Å². The zero-order valence-electron chi connectivity index (χ0n) is 14.4. The third kappa shape index (κ3) is 4.78. The number of carbonyl (C=O) groups excluding carboxylic acids is 2. The van der Waals surface area contributed by atoms with E-state index in [1.165, 1.54) is 29.2 Å². The average molecular weight is 363 g/mol. The Balaban J connectivity index is 1.86. The van der Waals surface area contributed by atoms with Gasteiger partial charge in [0.1, 0.15) is 6.04 Å². The first kappa shape index (κ1) is 19.4. The molecule has 140 valence electrons. The molecule has 9 heteroatoms. The predicted octanol–water partition coefficient (Wildman–Crippen LogP) is 1.43. The maximum absolute atomic E-state index is 12.3. The molecule has 0 aliphatic carbocycles. The van der Waals surface area contributed by atoms with Crippen molar-refractivity contribution >= 4 is 23.5 Å². The van der Waals surface area contributed by atoms with Crippen molar-refractivity contribution in [3.63, 3.8) is 0 Å².